The Bertz CT molecular complexity index is 542. The summed E-state index contributed by atoms with van der Waals surface area (Å²) in [5, 5.41) is 4.88. The van der Waals surface area contributed by atoms with Crippen LogP contribution in [0.3, 0.4) is 0 Å². The molecule has 1 saturated heterocycles. The first-order chi connectivity index (χ1) is 10.0. The topological polar surface area (TPSA) is 75.3 Å². The summed E-state index contributed by atoms with van der Waals surface area (Å²) in [6.45, 7) is 2.03. The van der Waals surface area contributed by atoms with Gasteiger partial charge in [0.2, 0.25) is 17.7 Å². The number of carbonyl (C=O) groups excluding carboxylic acids is 3. The van der Waals surface area contributed by atoms with Gasteiger partial charge in [-0.15, -0.1) is 11.8 Å². The molecule has 0 aromatic heterocycles. The van der Waals surface area contributed by atoms with E-state index in [-0.39, 0.29) is 18.2 Å². The maximum atomic E-state index is 11.8. The number of nitrogens with one attached hydrogen (secondary N) is 2. The lowest BCUT2D eigenvalue weighted by Gasteiger charge is -2.21. The number of thioether (sulfide) groups is 1. The summed E-state index contributed by atoms with van der Waals surface area (Å²) >= 11 is 1.50. The molecule has 0 saturated carbocycles. The Kier molecular flexibility index (Phi) is 5.38. The number of imide groups is 1. The van der Waals surface area contributed by atoms with Gasteiger partial charge in [-0.3, -0.25) is 19.7 Å². The molecule has 112 valence electrons. The fraction of sp³-hybridized carbons (Fsp3) is 0.400. The number of amides is 3. The van der Waals surface area contributed by atoms with Gasteiger partial charge in [-0.05, 0) is 18.9 Å². The molecule has 6 heteroatoms. The molecule has 0 aliphatic carbocycles. The molecule has 1 aromatic rings. The molecule has 1 aliphatic heterocycles. The van der Waals surface area contributed by atoms with Gasteiger partial charge in [0.15, 0.2) is 0 Å². The van der Waals surface area contributed by atoms with Crippen molar-refractivity contribution in [2.75, 3.05) is 5.75 Å². The van der Waals surface area contributed by atoms with Crippen LogP contribution in [0.25, 0.3) is 0 Å². The number of carbonyl (C=O) groups is 3. The highest BCUT2D eigenvalue weighted by Gasteiger charge is 2.27. The Labute approximate surface area is 127 Å². The molecular weight excluding hydrogens is 288 g/mol. The maximum Gasteiger partial charge on any atom is 0.249 e. The normalized spacial score (nSPS) is 18.2. The summed E-state index contributed by atoms with van der Waals surface area (Å²) in [7, 11) is 0. The van der Waals surface area contributed by atoms with Gasteiger partial charge in [-0.1, -0.05) is 29.8 Å². The lowest BCUT2D eigenvalue weighted by atomic mass is 10.1. The summed E-state index contributed by atoms with van der Waals surface area (Å²) < 4.78 is 0. The summed E-state index contributed by atoms with van der Waals surface area (Å²) in [4.78, 5) is 34.3. The van der Waals surface area contributed by atoms with Crippen LogP contribution in [0.2, 0.25) is 0 Å². The Morgan fingerprint density at radius 1 is 1.33 bits per heavy atom. The maximum absolute atomic E-state index is 11.8. The number of hydrogen-bond acceptors (Lipinski definition) is 4. The molecule has 1 fully saturated rings. The lowest BCUT2D eigenvalue weighted by Crippen LogP contribution is -2.52. The van der Waals surface area contributed by atoms with Crippen LogP contribution < -0.4 is 10.6 Å². The van der Waals surface area contributed by atoms with Crippen molar-refractivity contribution in [3.05, 3.63) is 35.4 Å². The second kappa shape index (κ2) is 7.26. The second-order valence-electron chi connectivity index (χ2n) is 5.05. The van der Waals surface area contributed by atoms with E-state index in [1.54, 1.807) is 0 Å². The van der Waals surface area contributed by atoms with E-state index in [1.165, 1.54) is 22.9 Å². The van der Waals surface area contributed by atoms with Crippen LogP contribution in [0.4, 0.5) is 0 Å². The van der Waals surface area contributed by atoms with E-state index < -0.39 is 11.9 Å². The molecule has 1 aliphatic rings. The molecule has 0 bridgehead atoms. The van der Waals surface area contributed by atoms with Crippen molar-refractivity contribution < 1.29 is 14.4 Å². The minimum Gasteiger partial charge on any atom is -0.344 e. The predicted molar refractivity (Wildman–Crippen MR) is 81.7 cm³/mol. The fourth-order valence-corrected chi connectivity index (χ4v) is 2.81. The largest absolute Gasteiger partial charge is 0.344 e. The average molecular weight is 306 g/mol. The molecule has 2 N–H and O–H groups in total. The van der Waals surface area contributed by atoms with Crippen LogP contribution in [-0.4, -0.2) is 29.5 Å². The molecule has 3 amide bonds. The number of aryl methyl sites for hydroxylation is 1. The monoisotopic (exact) mass is 306 g/mol. The highest BCUT2D eigenvalue weighted by Crippen LogP contribution is 2.13. The van der Waals surface area contributed by atoms with E-state index in [2.05, 4.69) is 10.6 Å². The number of rotatable bonds is 5. The summed E-state index contributed by atoms with van der Waals surface area (Å²) in [6, 6.07) is 7.58. The Morgan fingerprint density at radius 3 is 2.71 bits per heavy atom. The summed E-state index contributed by atoms with van der Waals surface area (Å²) in [6.07, 6.45) is 0.645. The third kappa shape index (κ3) is 4.90. The van der Waals surface area contributed by atoms with E-state index in [0.717, 1.165) is 5.75 Å². The first-order valence-electron chi connectivity index (χ1n) is 6.81. The molecule has 1 aromatic carbocycles. The van der Waals surface area contributed by atoms with Crippen molar-refractivity contribution >= 4 is 29.5 Å². The molecule has 0 spiro atoms. The van der Waals surface area contributed by atoms with Crippen LogP contribution in [0.15, 0.2) is 24.3 Å². The molecule has 1 heterocycles. The van der Waals surface area contributed by atoms with Gasteiger partial charge in [0, 0.05) is 12.2 Å². The highest BCUT2D eigenvalue weighted by atomic mass is 32.2. The molecule has 5 nitrogen and oxygen atoms in total. The van der Waals surface area contributed by atoms with E-state index in [4.69, 9.17) is 0 Å². The number of piperidine rings is 1. The smallest absolute Gasteiger partial charge is 0.249 e. The van der Waals surface area contributed by atoms with Gasteiger partial charge >= 0.3 is 0 Å². The minimum absolute atomic E-state index is 0.179. The predicted octanol–water partition coefficient (Wildman–Crippen LogP) is 1.15. The zero-order chi connectivity index (χ0) is 15.2. The molecule has 1 atom stereocenters. The quantitative estimate of drug-likeness (QED) is 0.800. The van der Waals surface area contributed by atoms with Crippen LogP contribution in [0, 0.1) is 6.92 Å². The highest BCUT2D eigenvalue weighted by molar-refractivity contribution is 7.99. The van der Waals surface area contributed by atoms with Gasteiger partial charge in [0.05, 0.1) is 5.75 Å². The van der Waals surface area contributed by atoms with Crippen LogP contribution in [0.5, 0.6) is 0 Å². The standard InChI is InChI=1S/C15H18N2O3S/c1-10-2-4-11(5-3-10)8-21-9-14(19)16-12-6-7-13(18)17-15(12)20/h2-5,12H,6-9H2,1H3,(H,16,19)(H,17,18,20). The summed E-state index contributed by atoms with van der Waals surface area (Å²) in [5.74, 6) is 0.179. The first-order valence-corrected chi connectivity index (χ1v) is 7.96. The van der Waals surface area contributed by atoms with Crippen molar-refractivity contribution in [3.8, 4) is 0 Å². The fourth-order valence-electron chi connectivity index (χ4n) is 2.01. The van der Waals surface area contributed by atoms with Crippen LogP contribution >= 0.6 is 11.8 Å². The Hall–Kier alpha value is -1.82. The van der Waals surface area contributed by atoms with Crippen LogP contribution in [0.1, 0.15) is 24.0 Å². The van der Waals surface area contributed by atoms with E-state index in [0.29, 0.717) is 12.2 Å². The van der Waals surface area contributed by atoms with Crippen LogP contribution in [-0.2, 0) is 20.1 Å². The zero-order valence-corrected chi connectivity index (χ0v) is 12.7. The molecular formula is C15H18N2O3S. The third-order valence-electron chi connectivity index (χ3n) is 3.20. The molecule has 21 heavy (non-hydrogen) atoms. The van der Waals surface area contributed by atoms with Gasteiger partial charge in [0.1, 0.15) is 6.04 Å². The lowest BCUT2D eigenvalue weighted by molar-refractivity contribution is -0.136. The van der Waals surface area contributed by atoms with Gasteiger partial charge in [-0.25, -0.2) is 0 Å². The number of benzene rings is 1. The second-order valence-corrected chi connectivity index (χ2v) is 6.04. The van der Waals surface area contributed by atoms with Crippen molar-refractivity contribution in [1.29, 1.82) is 0 Å². The first kappa shape index (κ1) is 15.6. The average Bonchev–Trinajstić information content (AvgIpc) is 2.44. The Balaban J connectivity index is 1.71. The minimum atomic E-state index is -0.588. The Morgan fingerprint density at radius 2 is 2.05 bits per heavy atom. The molecule has 0 radical (unpaired) electrons. The van der Waals surface area contributed by atoms with Gasteiger partial charge in [0.25, 0.3) is 0 Å². The SMILES string of the molecule is Cc1ccc(CSCC(=O)NC2CCC(=O)NC2=O)cc1. The molecule has 1 unspecified atom stereocenters. The van der Waals surface area contributed by atoms with E-state index in [9.17, 15) is 14.4 Å². The number of hydrogen-bond donors (Lipinski definition) is 2. The van der Waals surface area contributed by atoms with Gasteiger partial charge in [-0.2, -0.15) is 0 Å². The zero-order valence-electron chi connectivity index (χ0n) is 11.8. The van der Waals surface area contributed by atoms with E-state index >= 15 is 0 Å². The van der Waals surface area contributed by atoms with Crippen molar-refractivity contribution in [3.63, 3.8) is 0 Å². The summed E-state index contributed by atoms with van der Waals surface area (Å²) in [5.41, 5.74) is 2.37. The van der Waals surface area contributed by atoms with Crippen molar-refractivity contribution in [2.45, 2.75) is 31.6 Å². The van der Waals surface area contributed by atoms with Crippen molar-refractivity contribution in [1.82, 2.24) is 10.6 Å². The van der Waals surface area contributed by atoms with Crippen molar-refractivity contribution in [2.24, 2.45) is 0 Å². The van der Waals surface area contributed by atoms with E-state index in [1.807, 2.05) is 31.2 Å². The third-order valence-corrected chi connectivity index (χ3v) is 4.20. The van der Waals surface area contributed by atoms with Gasteiger partial charge < -0.3 is 5.32 Å². The molecule has 2 rings (SSSR count).